The van der Waals surface area contributed by atoms with E-state index in [1.807, 2.05) is 0 Å². The quantitative estimate of drug-likeness (QED) is 0.200. The number of halogens is 1. The lowest BCUT2D eigenvalue weighted by Crippen LogP contribution is -2.38. The molecule has 0 fully saturated rings. The van der Waals surface area contributed by atoms with Gasteiger partial charge in [-0.3, -0.25) is 4.99 Å². The lowest BCUT2D eigenvalue weighted by molar-refractivity contribution is 0.294. The van der Waals surface area contributed by atoms with Gasteiger partial charge in [-0.2, -0.15) is 0 Å². The third-order valence-electron chi connectivity index (χ3n) is 4.73. The predicted octanol–water partition coefficient (Wildman–Crippen LogP) is 3.95. The summed E-state index contributed by atoms with van der Waals surface area (Å²) in [6.45, 7) is 11.6. The number of aliphatic imine (C=N–C) groups is 1. The average Bonchev–Trinajstić information content (AvgIpc) is 3.16. The van der Waals surface area contributed by atoms with Gasteiger partial charge in [-0.15, -0.1) is 34.2 Å². The van der Waals surface area contributed by atoms with Crippen molar-refractivity contribution in [2.45, 2.75) is 60.0 Å². The fraction of sp³-hybridized carbons (Fsp3) is 0.591. The lowest BCUT2D eigenvalue weighted by Gasteiger charge is -2.16. The molecule has 30 heavy (non-hydrogen) atoms. The Labute approximate surface area is 198 Å². The van der Waals surface area contributed by atoms with Gasteiger partial charge in [0.25, 0.3) is 0 Å². The standard InChI is InChI=1S/C22H36N6O.HI/c1-6-21-27-26-16-28(21)12-11-24-22(23-5)25-15-19-10-9-18(4)14-20(19)29-13-7-8-17(2)3;/h9-10,14,16-17H,6-8,11-13,15H2,1-5H3,(H2,23,24,25);1H. The smallest absolute Gasteiger partial charge is 0.191 e. The van der Waals surface area contributed by atoms with Gasteiger partial charge < -0.3 is 19.9 Å². The fourth-order valence-electron chi connectivity index (χ4n) is 3.05. The molecule has 0 aliphatic heterocycles. The van der Waals surface area contributed by atoms with E-state index < -0.39 is 0 Å². The molecule has 0 unspecified atom stereocenters. The molecule has 1 aromatic carbocycles. The molecule has 8 heteroatoms. The van der Waals surface area contributed by atoms with Crippen molar-refractivity contribution >= 4 is 29.9 Å². The SMILES string of the molecule is CCc1nncn1CCNC(=NC)NCc1ccc(C)cc1OCCCC(C)C.I. The molecule has 0 radical (unpaired) electrons. The zero-order valence-corrected chi connectivity index (χ0v) is 21.3. The van der Waals surface area contributed by atoms with Crippen LogP contribution in [0.15, 0.2) is 29.5 Å². The third kappa shape index (κ3) is 8.89. The highest BCUT2D eigenvalue weighted by Gasteiger charge is 2.07. The molecular formula is C22H37IN6O. The number of benzene rings is 1. The van der Waals surface area contributed by atoms with Crippen molar-refractivity contribution < 1.29 is 4.74 Å². The number of rotatable bonds is 11. The fourth-order valence-corrected chi connectivity index (χ4v) is 3.05. The van der Waals surface area contributed by atoms with Crippen LogP contribution in [0.3, 0.4) is 0 Å². The molecule has 0 aliphatic rings. The summed E-state index contributed by atoms with van der Waals surface area (Å²) < 4.78 is 8.13. The number of ether oxygens (including phenoxy) is 1. The van der Waals surface area contributed by atoms with E-state index in [9.17, 15) is 0 Å². The summed E-state index contributed by atoms with van der Waals surface area (Å²) in [6.07, 6.45) is 4.90. The van der Waals surface area contributed by atoms with Crippen LogP contribution in [0.1, 0.15) is 50.6 Å². The molecule has 1 aromatic heterocycles. The molecule has 0 spiro atoms. The Kier molecular flexibility index (Phi) is 12.4. The number of nitrogens with zero attached hydrogens (tertiary/aromatic N) is 4. The maximum absolute atomic E-state index is 6.07. The second kappa shape index (κ2) is 14.2. The summed E-state index contributed by atoms with van der Waals surface area (Å²) in [4.78, 5) is 4.32. The molecule has 0 atom stereocenters. The molecule has 2 aromatic rings. The highest BCUT2D eigenvalue weighted by atomic mass is 127. The molecule has 0 saturated carbocycles. The van der Waals surface area contributed by atoms with Gasteiger partial charge in [0.05, 0.1) is 6.61 Å². The minimum atomic E-state index is 0. The van der Waals surface area contributed by atoms with Crippen LogP contribution in [-0.2, 0) is 19.5 Å². The van der Waals surface area contributed by atoms with Crippen molar-refractivity contribution in [2.24, 2.45) is 10.9 Å². The molecule has 0 amide bonds. The van der Waals surface area contributed by atoms with Crippen molar-refractivity contribution in [3.05, 3.63) is 41.5 Å². The maximum atomic E-state index is 6.07. The Bertz CT molecular complexity index is 775. The highest BCUT2D eigenvalue weighted by Crippen LogP contribution is 2.21. The van der Waals surface area contributed by atoms with Crippen molar-refractivity contribution in [2.75, 3.05) is 20.2 Å². The summed E-state index contributed by atoms with van der Waals surface area (Å²) in [5, 5.41) is 14.8. The van der Waals surface area contributed by atoms with E-state index in [-0.39, 0.29) is 24.0 Å². The van der Waals surface area contributed by atoms with Gasteiger partial charge in [-0.05, 0) is 37.3 Å². The van der Waals surface area contributed by atoms with Crippen LogP contribution < -0.4 is 15.4 Å². The van der Waals surface area contributed by atoms with E-state index in [0.29, 0.717) is 12.5 Å². The molecule has 168 valence electrons. The summed E-state index contributed by atoms with van der Waals surface area (Å²) in [5.41, 5.74) is 2.34. The summed E-state index contributed by atoms with van der Waals surface area (Å²) >= 11 is 0. The predicted molar refractivity (Wildman–Crippen MR) is 134 cm³/mol. The van der Waals surface area contributed by atoms with E-state index in [4.69, 9.17) is 4.74 Å². The normalized spacial score (nSPS) is 11.3. The van der Waals surface area contributed by atoms with Crippen molar-refractivity contribution in [3.8, 4) is 5.75 Å². The Hall–Kier alpha value is -1.84. The van der Waals surface area contributed by atoms with E-state index in [1.54, 1.807) is 13.4 Å². The number of hydrogen-bond acceptors (Lipinski definition) is 4. The van der Waals surface area contributed by atoms with Gasteiger partial charge in [0, 0.05) is 38.7 Å². The van der Waals surface area contributed by atoms with E-state index >= 15 is 0 Å². The first-order valence-corrected chi connectivity index (χ1v) is 10.6. The first kappa shape index (κ1) is 26.2. The van der Waals surface area contributed by atoms with Crippen LogP contribution in [0.2, 0.25) is 0 Å². The Morgan fingerprint density at radius 3 is 2.77 bits per heavy atom. The Balaban J connectivity index is 0.00000450. The zero-order valence-electron chi connectivity index (χ0n) is 18.9. The van der Waals surface area contributed by atoms with Gasteiger partial charge in [0.2, 0.25) is 0 Å². The number of nitrogens with one attached hydrogen (secondary N) is 2. The lowest BCUT2D eigenvalue weighted by atomic mass is 10.1. The number of hydrogen-bond donors (Lipinski definition) is 2. The molecule has 7 nitrogen and oxygen atoms in total. The minimum absolute atomic E-state index is 0. The van der Waals surface area contributed by atoms with Gasteiger partial charge in [0.1, 0.15) is 17.9 Å². The van der Waals surface area contributed by atoms with Crippen LogP contribution in [0, 0.1) is 12.8 Å². The molecule has 0 bridgehead atoms. The van der Waals surface area contributed by atoms with Gasteiger partial charge in [0.15, 0.2) is 5.96 Å². The van der Waals surface area contributed by atoms with Crippen molar-refractivity contribution in [1.82, 2.24) is 25.4 Å². The third-order valence-corrected chi connectivity index (χ3v) is 4.73. The molecule has 0 aliphatic carbocycles. The van der Waals surface area contributed by atoms with Gasteiger partial charge in [-0.1, -0.05) is 32.9 Å². The maximum Gasteiger partial charge on any atom is 0.191 e. The van der Waals surface area contributed by atoms with E-state index in [2.05, 4.69) is 76.3 Å². The summed E-state index contributed by atoms with van der Waals surface area (Å²) in [5.74, 6) is 3.42. The first-order chi connectivity index (χ1) is 14.0. The van der Waals surface area contributed by atoms with Crippen LogP contribution in [0.25, 0.3) is 0 Å². The molecular weight excluding hydrogens is 491 g/mol. The highest BCUT2D eigenvalue weighted by molar-refractivity contribution is 14.0. The average molecular weight is 528 g/mol. The number of aromatic nitrogens is 3. The van der Waals surface area contributed by atoms with Crippen LogP contribution in [0.4, 0.5) is 0 Å². The summed E-state index contributed by atoms with van der Waals surface area (Å²) in [7, 11) is 1.78. The monoisotopic (exact) mass is 528 g/mol. The minimum Gasteiger partial charge on any atom is -0.493 e. The van der Waals surface area contributed by atoms with Gasteiger partial charge in [-0.25, -0.2) is 0 Å². The molecule has 1 heterocycles. The molecule has 2 rings (SSSR count). The second-order valence-electron chi connectivity index (χ2n) is 7.64. The number of aryl methyl sites for hydroxylation is 2. The van der Waals surface area contributed by atoms with Crippen LogP contribution in [-0.4, -0.2) is 40.9 Å². The Morgan fingerprint density at radius 1 is 1.27 bits per heavy atom. The van der Waals surface area contributed by atoms with E-state index in [0.717, 1.165) is 55.6 Å². The Morgan fingerprint density at radius 2 is 2.07 bits per heavy atom. The number of guanidine groups is 1. The van der Waals surface area contributed by atoms with Gasteiger partial charge >= 0.3 is 0 Å². The van der Waals surface area contributed by atoms with Crippen molar-refractivity contribution in [3.63, 3.8) is 0 Å². The summed E-state index contributed by atoms with van der Waals surface area (Å²) in [6, 6.07) is 6.35. The van der Waals surface area contributed by atoms with Crippen LogP contribution >= 0.6 is 24.0 Å². The van der Waals surface area contributed by atoms with E-state index in [1.165, 1.54) is 12.0 Å². The van der Waals surface area contributed by atoms with Crippen molar-refractivity contribution in [1.29, 1.82) is 0 Å². The second-order valence-corrected chi connectivity index (χ2v) is 7.64. The van der Waals surface area contributed by atoms with Crippen LogP contribution in [0.5, 0.6) is 5.75 Å². The zero-order chi connectivity index (χ0) is 21.1. The topological polar surface area (TPSA) is 76.4 Å². The molecule has 0 saturated heterocycles. The molecule has 2 N–H and O–H groups in total. The first-order valence-electron chi connectivity index (χ1n) is 10.6. The largest absolute Gasteiger partial charge is 0.493 e.